The van der Waals surface area contributed by atoms with Gasteiger partial charge in [-0.25, -0.2) is 0 Å². The Hall–Kier alpha value is -4.16. The van der Waals surface area contributed by atoms with Crippen molar-refractivity contribution in [2.75, 3.05) is 0 Å². The third kappa shape index (κ3) is 6.69. The molecule has 3 aromatic carbocycles. The number of aliphatic hydroxyl groups is 1. The average Bonchev–Trinajstić information content (AvgIpc) is 2.95. The van der Waals surface area contributed by atoms with Crippen LogP contribution in [0.1, 0.15) is 54.9 Å². The molecular formula is C30H30NO8P. The van der Waals surface area contributed by atoms with Crippen molar-refractivity contribution in [3.8, 4) is 16.8 Å². The van der Waals surface area contributed by atoms with E-state index in [1.165, 1.54) is 26.8 Å². The number of benzene rings is 3. The molecule has 1 amide bonds. The van der Waals surface area contributed by atoms with Crippen LogP contribution in [0.25, 0.3) is 11.1 Å². The van der Waals surface area contributed by atoms with Crippen LogP contribution in [0.2, 0.25) is 0 Å². The maximum atomic E-state index is 12.7. The van der Waals surface area contributed by atoms with Gasteiger partial charge in [-0.05, 0) is 0 Å². The maximum absolute atomic E-state index is 12.7. The van der Waals surface area contributed by atoms with Gasteiger partial charge in [-0.1, -0.05) is 0 Å². The summed E-state index contributed by atoms with van der Waals surface area (Å²) in [7, 11) is -0.731. The summed E-state index contributed by atoms with van der Waals surface area (Å²) in [5.41, 5.74) is 1.93. The second-order valence-corrected chi connectivity index (χ2v) is 9.78. The zero-order valence-electron chi connectivity index (χ0n) is 22.2. The summed E-state index contributed by atoms with van der Waals surface area (Å²) in [6, 6.07) is 19.5. The topological polar surface area (TPSA) is 150 Å². The van der Waals surface area contributed by atoms with Crippen LogP contribution in [0, 0.1) is 5.63 Å². The molecule has 0 heterocycles. The number of amides is 1. The van der Waals surface area contributed by atoms with Crippen molar-refractivity contribution in [1.82, 2.24) is 5.32 Å². The molecule has 4 unspecified atom stereocenters. The Morgan fingerprint density at radius 3 is 2.02 bits per heavy atom. The van der Waals surface area contributed by atoms with E-state index in [0.29, 0.717) is 11.1 Å². The summed E-state index contributed by atoms with van der Waals surface area (Å²) in [6.45, 7) is 4.16. The third-order valence-corrected chi connectivity index (χ3v) is 7.21. The molecule has 10 heteroatoms. The summed E-state index contributed by atoms with van der Waals surface area (Å²) in [6.07, 6.45) is -0.886. The normalized spacial score (nSPS) is 14.5. The van der Waals surface area contributed by atoms with E-state index in [1.807, 2.05) is 6.07 Å². The van der Waals surface area contributed by atoms with Crippen LogP contribution in [0.15, 0.2) is 72.8 Å². The van der Waals surface area contributed by atoms with E-state index in [2.05, 4.69) is 10.9 Å². The fourth-order valence-electron chi connectivity index (χ4n) is 4.49. The first-order valence-electron chi connectivity index (χ1n) is 12.5. The second kappa shape index (κ2) is 13.3. The Morgan fingerprint density at radius 1 is 0.900 bits per heavy atom. The zero-order chi connectivity index (χ0) is 29.4. The molecule has 0 fully saturated rings. The molecular weight excluding hydrogens is 533 g/mol. The van der Waals surface area contributed by atoms with Crippen LogP contribution in [-0.2, 0) is 31.1 Å². The van der Waals surface area contributed by atoms with E-state index in [1.54, 1.807) is 60.7 Å². The first-order chi connectivity index (χ1) is 19.0. The minimum absolute atomic E-state index is 0.0219. The molecule has 4 atom stereocenters. The van der Waals surface area contributed by atoms with Gasteiger partial charge in [-0.15, -0.1) is 0 Å². The first kappa shape index (κ1) is 30.4. The van der Waals surface area contributed by atoms with Gasteiger partial charge in [0.05, 0.1) is 0 Å². The van der Waals surface area contributed by atoms with Crippen LogP contribution in [0.3, 0.4) is 0 Å². The molecule has 0 aliphatic rings. The fourth-order valence-corrected chi connectivity index (χ4v) is 4.93. The number of aliphatic carboxylic acids is 2. The number of carbonyl (C=O) groups is 3. The monoisotopic (exact) mass is 563 g/mol. The molecule has 0 aromatic heterocycles. The predicted molar refractivity (Wildman–Crippen MR) is 149 cm³/mol. The van der Waals surface area contributed by atoms with E-state index in [0.717, 1.165) is 5.56 Å². The molecule has 0 saturated carbocycles. The SMILES string of the molecule is CC(C(=O)O)c1ccc(-c2ccccc2)c(C(O)(C#P=O)C(C)NC(=O)OCc2ccccc2)c1C(C)C(=O)O. The van der Waals surface area contributed by atoms with E-state index < -0.39 is 49.4 Å². The molecule has 9 nitrogen and oxygen atoms in total. The minimum atomic E-state index is -2.34. The number of hydrogen-bond donors (Lipinski definition) is 4. The molecule has 40 heavy (non-hydrogen) atoms. The van der Waals surface area contributed by atoms with Crippen LogP contribution in [-0.4, -0.2) is 39.4 Å². The van der Waals surface area contributed by atoms with Gasteiger partial charge in [-0.3, -0.25) is 0 Å². The van der Waals surface area contributed by atoms with Crippen molar-refractivity contribution in [3.63, 3.8) is 0 Å². The summed E-state index contributed by atoms with van der Waals surface area (Å²) < 4.78 is 17.2. The standard InChI is InChI=1S/C30H30NO8P/c1-18(27(32)33)23-14-15-24(22-12-8-5-9-13-22)26(25(23)19(2)28(34)35)30(37,17-40-38)20(3)31-29(36)39-16-21-10-6-4-7-11-21/h4-15,18-20,37H,16H2,1-3H3,(H,31,36)(H,32,33)(H,34,35). The summed E-state index contributed by atoms with van der Waals surface area (Å²) in [5, 5.41) is 34.5. The van der Waals surface area contributed by atoms with Gasteiger partial charge in [0, 0.05) is 0 Å². The van der Waals surface area contributed by atoms with Gasteiger partial charge in [0.25, 0.3) is 0 Å². The number of hydrogen-bond acceptors (Lipinski definition) is 6. The third-order valence-electron chi connectivity index (χ3n) is 6.78. The van der Waals surface area contributed by atoms with E-state index in [-0.39, 0.29) is 23.3 Å². The number of nitrogens with one attached hydrogen (secondary N) is 1. The molecule has 0 aliphatic carbocycles. The Balaban J connectivity index is 2.23. The number of carboxylic acids is 2. The van der Waals surface area contributed by atoms with Crippen molar-refractivity contribution in [3.05, 3.63) is 95.1 Å². The van der Waals surface area contributed by atoms with E-state index in [4.69, 9.17) is 4.74 Å². The van der Waals surface area contributed by atoms with Gasteiger partial charge < -0.3 is 0 Å². The Kier molecular flexibility index (Phi) is 10.1. The zero-order valence-corrected chi connectivity index (χ0v) is 23.1. The number of carboxylic acid groups (broad SMARTS) is 2. The number of rotatable bonds is 10. The van der Waals surface area contributed by atoms with Crippen molar-refractivity contribution >= 4 is 25.9 Å². The quantitative estimate of drug-likeness (QED) is 0.237. The summed E-state index contributed by atoms with van der Waals surface area (Å²) in [4.78, 5) is 37.0. The molecule has 3 aromatic rings. The molecule has 0 radical (unpaired) electrons. The fraction of sp³-hybridized carbons (Fsp3) is 0.267. The van der Waals surface area contributed by atoms with Crippen LogP contribution < -0.4 is 5.32 Å². The van der Waals surface area contributed by atoms with Gasteiger partial charge >= 0.3 is 233 Å². The van der Waals surface area contributed by atoms with Crippen molar-refractivity contribution in [2.24, 2.45) is 0 Å². The first-order valence-corrected chi connectivity index (χ1v) is 13.3. The number of alkyl carbamates (subject to hydrolysis) is 1. The van der Waals surface area contributed by atoms with Crippen LogP contribution >= 0.6 is 7.92 Å². The van der Waals surface area contributed by atoms with Gasteiger partial charge in [0.2, 0.25) is 0 Å². The van der Waals surface area contributed by atoms with Crippen molar-refractivity contribution < 1.29 is 39.0 Å². The Bertz CT molecular complexity index is 1490. The summed E-state index contributed by atoms with van der Waals surface area (Å²) in [5.74, 6) is -4.90. The molecule has 208 valence electrons. The van der Waals surface area contributed by atoms with E-state index in [9.17, 15) is 34.3 Å². The molecule has 0 saturated heterocycles. The van der Waals surface area contributed by atoms with Crippen molar-refractivity contribution in [1.29, 1.82) is 0 Å². The number of carbonyl (C=O) groups excluding carboxylic acids is 1. The van der Waals surface area contributed by atoms with Crippen LogP contribution in [0.4, 0.5) is 4.79 Å². The molecule has 0 bridgehead atoms. The van der Waals surface area contributed by atoms with Gasteiger partial charge in [0.15, 0.2) is 0 Å². The molecule has 0 spiro atoms. The van der Waals surface area contributed by atoms with Gasteiger partial charge in [0.1, 0.15) is 0 Å². The van der Waals surface area contributed by atoms with E-state index >= 15 is 0 Å². The molecule has 4 N–H and O–H groups in total. The van der Waals surface area contributed by atoms with Gasteiger partial charge in [-0.2, -0.15) is 0 Å². The average molecular weight is 564 g/mol. The second-order valence-electron chi connectivity index (χ2n) is 9.37. The Labute approximate surface area is 232 Å². The predicted octanol–water partition coefficient (Wildman–Crippen LogP) is 5.48. The Morgan fingerprint density at radius 2 is 1.48 bits per heavy atom. The van der Waals surface area contributed by atoms with Crippen LogP contribution in [0.5, 0.6) is 0 Å². The molecule has 3 rings (SSSR count). The number of ether oxygens (including phenoxy) is 1. The molecule has 0 aliphatic heterocycles. The van der Waals surface area contributed by atoms with Crippen molar-refractivity contribution in [2.45, 2.75) is 50.9 Å². The summed E-state index contributed by atoms with van der Waals surface area (Å²) >= 11 is 0.